The van der Waals surface area contributed by atoms with Crippen LogP contribution in [0.15, 0.2) is 12.1 Å². The Hall–Kier alpha value is -1.65. The fraction of sp³-hybridized carbons (Fsp3) is 0.583. The molecule has 2 rings (SSSR count). The summed E-state index contributed by atoms with van der Waals surface area (Å²) in [5.41, 5.74) is 5.75. The van der Waals surface area contributed by atoms with E-state index in [2.05, 4.69) is 22.4 Å². The second-order valence-corrected chi connectivity index (χ2v) is 4.65. The molecule has 1 aliphatic carbocycles. The molecule has 0 aromatic carbocycles. The molecule has 1 unspecified atom stereocenters. The van der Waals surface area contributed by atoms with Gasteiger partial charge in [-0.05, 0) is 37.8 Å². The average molecular weight is 234 g/mol. The first-order valence-corrected chi connectivity index (χ1v) is 6.07. The standard InChI is InChI=1S/C12H18N4O/c1-8(9-4-2-3-5-9)14-12(17)10-6-7-11(13)16-15-10/h6-9H,2-5H2,1H3,(H2,13,16)(H,14,17). The molecule has 1 amide bonds. The molecule has 17 heavy (non-hydrogen) atoms. The Bertz CT molecular complexity index is 384. The van der Waals surface area contributed by atoms with Crippen LogP contribution in [-0.2, 0) is 0 Å². The lowest BCUT2D eigenvalue weighted by atomic mass is 10.00. The first-order valence-electron chi connectivity index (χ1n) is 6.07. The number of aromatic nitrogens is 2. The number of carbonyl (C=O) groups excluding carboxylic acids is 1. The molecule has 1 aromatic rings. The largest absolute Gasteiger partial charge is 0.382 e. The van der Waals surface area contributed by atoms with Crippen LogP contribution in [0.25, 0.3) is 0 Å². The Balaban J connectivity index is 1.94. The van der Waals surface area contributed by atoms with Gasteiger partial charge in [-0.1, -0.05) is 12.8 Å². The summed E-state index contributed by atoms with van der Waals surface area (Å²) in [5.74, 6) is 0.753. The zero-order chi connectivity index (χ0) is 12.3. The number of amides is 1. The zero-order valence-corrected chi connectivity index (χ0v) is 10.0. The highest BCUT2D eigenvalue weighted by Gasteiger charge is 2.23. The van der Waals surface area contributed by atoms with Crippen molar-refractivity contribution >= 4 is 11.7 Å². The lowest BCUT2D eigenvalue weighted by Crippen LogP contribution is -2.37. The number of hydrogen-bond donors (Lipinski definition) is 2. The third-order valence-corrected chi connectivity index (χ3v) is 3.38. The molecule has 1 heterocycles. The van der Waals surface area contributed by atoms with Crippen molar-refractivity contribution in [3.8, 4) is 0 Å². The molecule has 0 bridgehead atoms. The summed E-state index contributed by atoms with van der Waals surface area (Å²) >= 11 is 0. The second-order valence-electron chi connectivity index (χ2n) is 4.65. The topological polar surface area (TPSA) is 80.9 Å². The molecular formula is C12H18N4O. The number of anilines is 1. The van der Waals surface area contributed by atoms with E-state index in [1.54, 1.807) is 12.1 Å². The first-order chi connectivity index (χ1) is 8.16. The monoisotopic (exact) mass is 234 g/mol. The van der Waals surface area contributed by atoms with Crippen LogP contribution >= 0.6 is 0 Å². The summed E-state index contributed by atoms with van der Waals surface area (Å²) in [5, 5.41) is 10.4. The molecule has 3 N–H and O–H groups in total. The van der Waals surface area contributed by atoms with Gasteiger partial charge in [-0.15, -0.1) is 10.2 Å². The summed E-state index contributed by atoms with van der Waals surface area (Å²) in [6, 6.07) is 3.38. The molecule has 1 aliphatic rings. The molecule has 0 saturated heterocycles. The second kappa shape index (κ2) is 5.12. The molecule has 0 aliphatic heterocycles. The Morgan fingerprint density at radius 2 is 2.12 bits per heavy atom. The Morgan fingerprint density at radius 3 is 2.71 bits per heavy atom. The van der Waals surface area contributed by atoms with E-state index < -0.39 is 0 Å². The maximum atomic E-state index is 11.9. The normalized spacial score (nSPS) is 17.9. The van der Waals surface area contributed by atoms with Gasteiger partial charge in [0.2, 0.25) is 0 Å². The highest BCUT2D eigenvalue weighted by Crippen LogP contribution is 2.27. The van der Waals surface area contributed by atoms with Crippen molar-refractivity contribution in [1.29, 1.82) is 0 Å². The molecular weight excluding hydrogens is 216 g/mol. The summed E-state index contributed by atoms with van der Waals surface area (Å²) in [4.78, 5) is 11.9. The number of nitrogens with two attached hydrogens (primary N) is 1. The van der Waals surface area contributed by atoms with Crippen LogP contribution in [0.5, 0.6) is 0 Å². The van der Waals surface area contributed by atoms with Crippen LogP contribution in [0, 0.1) is 5.92 Å². The highest BCUT2D eigenvalue weighted by molar-refractivity contribution is 5.92. The number of nitrogens with one attached hydrogen (secondary N) is 1. The number of nitrogen functional groups attached to an aromatic ring is 1. The van der Waals surface area contributed by atoms with E-state index in [1.807, 2.05) is 0 Å². The minimum Gasteiger partial charge on any atom is -0.382 e. The zero-order valence-electron chi connectivity index (χ0n) is 10.0. The Kier molecular flexibility index (Phi) is 3.56. The van der Waals surface area contributed by atoms with Crippen molar-refractivity contribution in [1.82, 2.24) is 15.5 Å². The van der Waals surface area contributed by atoms with Crippen LogP contribution in [-0.4, -0.2) is 22.1 Å². The molecule has 1 aromatic heterocycles. The van der Waals surface area contributed by atoms with Gasteiger partial charge in [0, 0.05) is 6.04 Å². The van der Waals surface area contributed by atoms with Gasteiger partial charge in [-0.25, -0.2) is 0 Å². The molecule has 0 radical (unpaired) electrons. The van der Waals surface area contributed by atoms with E-state index in [0.29, 0.717) is 17.4 Å². The van der Waals surface area contributed by atoms with Gasteiger partial charge in [0.1, 0.15) is 5.82 Å². The predicted molar refractivity (Wildman–Crippen MR) is 65.3 cm³/mol. The molecule has 5 nitrogen and oxygen atoms in total. The summed E-state index contributed by atoms with van der Waals surface area (Å²) in [7, 11) is 0. The molecule has 1 atom stereocenters. The minimum atomic E-state index is -0.170. The van der Waals surface area contributed by atoms with Crippen LogP contribution in [0.4, 0.5) is 5.82 Å². The van der Waals surface area contributed by atoms with E-state index in [4.69, 9.17) is 5.73 Å². The van der Waals surface area contributed by atoms with E-state index in [-0.39, 0.29) is 11.9 Å². The number of hydrogen-bond acceptors (Lipinski definition) is 4. The van der Waals surface area contributed by atoms with Crippen molar-refractivity contribution in [2.24, 2.45) is 5.92 Å². The molecule has 1 fully saturated rings. The number of nitrogens with zero attached hydrogens (tertiary/aromatic N) is 2. The SMILES string of the molecule is CC(NC(=O)c1ccc(N)nn1)C1CCCC1. The molecule has 0 spiro atoms. The lowest BCUT2D eigenvalue weighted by molar-refractivity contribution is 0.0921. The van der Waals surface area contributed by atoms with Gasteiger partial charge in [0.05, 0.1) is 0 Å². The Labute approximate surface area is 101 Å². The van der Waals surface area contributed by atoms with Crippen LogP contribution < -0.4 is 11.1 Å². The fourth-order valence-corrected chi connectivity index (χ4v) is 2.32. The van der Waals surface area contributed by atoms with E-state index in [1.165, 1.54) is 25.7 Å². The van der Waals surface area contributed by atoms with Crippen molar-refractivity contribution in [3.63, 3.8) is 0 Å². The summed E-state index contributed by atoms with van der Waals surface area (Å²) < 4.78 is 0. The van der Waals surface area contributed by atoms with Gasteiger partial charge in [-0.3, -0.25) is 4.79 Å². The third kappa shape index (κ3) is 2.93. The molecule has 92 valence electrons. The average Bonchev–Trinajstić information content (AvgIpc) is 2.83. The quantitative estimate of drug-likeness (QED) is 0.827. The van der Waals surface area contributed by atoms with Gasteiger partial charge in [0.15, 0.2) is 5.69 Å². The van der Waals surface area contributed by atoms with Gasteiger partial charge < -0.3 is 11.1 Å². The van der Waals surface area contributed by atoms with E-state index >= 15 is 0 Å². The number of carbonyl (C=O) groups is 1. The van der Waals surface area contributed by atoms with Gasteiger partial charge in [0.25, 0.3) is 5.91 Å². The van der Waals surface area contributed by atoms with Crippen molar-refractivity contribution in [2.75, 3.05) is 5.73 Å². The minimum absolute atomic E-state index is 0.170. The van der Waals surface area contributed by atoms with Crippen molar-refractivity contribution in [3.05, 3.63) is 17.8 Å². The van der Waals surface area contributed by atoms with E-state index in [9.17, 15) is 4.79 Å². The first kappa shape index (κ1) is 11.8. The summed E-state index contributed by atoms with van der Waals surface area (Å²) in [6.07, 6.45) is 4.95. The van der Waals surface area contributed by atoms with Crippen LogP contribution in [0.3, 0.4) is 0 Å². The van der Waals surface area contributed by atoms with Crippen molar-refractivity contribution < 1.29 is 4.79 Å². The maximum absolute atomic E-state index is 11.9. The lowest BCUT2D eigenvalue weighted by Gasteiger charge is -2.19. The fourth-order valence-electron chi connectivity index (χ4n) is 2.32. The van der Waals surface area contributed by atoms with Gasteiger partial charge >= 0.3 is 0 Å². The maximum Gasteiger partial charge on any atom is 0.272 e. The van der Waals surface area contributed by atoms with Crippen molar-refractivity contribution in [2.45, 2.75) is 38.6 Å². The van der Waals surface area contributed by atoms with Crippen LogP contribution in [0.1, 0.15) is 43.1 Å². The summed E-state index contributed by atoms with van der Waals surface area (Å²) in [6.45, 7) is 2.05. The van der Waals surface area contributed by atoms with Crippen LogP contribution in [0.2, 0.25) is 0 Å². The van der Waals surface area contributed by atoms with E-state index in [0.717, 1.165) is 0 Å². The highest BCUT2D eigenvalue weighted by atomic mass is 16.2. The van der Waals surface area contributed by atoms with Gasteiger partial charge in [-0.2, -0.15) is 0 Å². The molecule has 5 heteroatoms. The third-order valence-electron chi connectivity index (χ3n) is 3.38. The number of rotatable bonds is 3. The predicted octanol–water partition coefficient (Wildman–Crippen LogP) is 1.37. The smallest absolute Gasteiger partial charge is 0.272 e. The molecule has 1 saturated carbocycles. The Morgan fingerprint density at radius 1 is 1.41 bits per heavy atom.